The molecule has 5 heteroatoms. The lowest BCUT2D eigenvalue weighted by Crippen LogP contribution is -2.29. The fraction of sp³-hybridized carbons (Fsp3) is 0.353. The number of carbonyl (C=O) groups excluding carboxylic acids is 2. The van der Waals surface area contributed by atoms with Gasteiger partial charge in [0.25, 0.3) is 0 Å². The summed E-state index contributed by atoms with van der Waals surface area (Å²) in [6.07, 6.45) is 4.88. The first kappa shape index (κ1) is 16.1. The highest BCUT2D eigenvalue weighted by Gasteiger charge is 2.18. The summed E-state index contributed by atoms with van der Waals surface area (Å²) in [4.78, 5) is 30.8. The SMILES string of the molecule is CCN(CC)CC(=O)c1cc(C(=O)c2cccnc2)n(C)c1. The van der Waals surface area contributed by atoms with Gasteiger partial charge in [-0.05, 0) is 31.3 Å². The molecule has 0 unspecified atom stereocenters. The van der Waals surface area contributed by atoms with Crippen molar-refractivity contribution < 1.29 is 9.59 Å². The van der Waals surface area contributed by atoms with Crippen LogP contribution in [0.5, 0.6) is 0 Å². The van der Waals surface area contributed by atoms with Crippen molar-refractivity contribution in [2.75, 3.05) is 19.6 Å². The van der Waals surface area contributed by atoms with Crippen LogP contribution in [0.3, 0.4) is 0 Å². The summed E-state index contributed by atoms with van der Waals surface area (Å²) < 4.78 is 1.70. The van der Waals surface area contributed by atoms with E-state index in [0.29, 0.717) is 23.4 Å². The van der Waals surface area contributed by atoms with E-state index in [2.05, 4.69) is 9.88 Å². The second-order valence-corrected chi connectivity index (χ2v) is 5.18. The zero-order valence-electron chi connectivity index (χ0n) is 13.2. The maximum Gasteiger partial charge on any atom is 0.210 e. The summed E-state index contributed by atoms with van der Waals surface area (Å²) in [6, 6.07) is 5.11. The van der Waals surface area contributed by atoms with Gasteiger partial charge in [-0.1, -0.05) is 13.8 Å². The standard InChI is InChI=1S/C17H21N3O2/c1-4-20(5-2)12-16(21)14-9-15(19(3)11-14)17(22)13-7-6-8-18-10-13/h6-11H,4-5,12H2,1-3H3. The highest BCUT2D eigenvalue weighted by atomic mass is 16.1. The summed E-state index contributed by atoms with van der Waals surface area (Å²) in [5, 5.41) is 0. The maximum atomic E-state index is 12.5. The van der Waals surface area contributed by atoms with Crippen molar-refractivity contribution in [1.29, 1.82) is 0 Å². The average Bonchev–Trinajstić information content (AvgIpc) is 2.94. The molecule has 22 heavy (non-hydrogen) atoms. The average molecular weight is 299 g/mol. The first-order valence-corrected chi connectivity index (χ1v) is 7.43. The Hall–Kier alpha value is -2.27. The summed E-state index contributed by atoms with van der Waals surface area (Å²) in [7, 11) is 1.78. The summed E-state index contributed by atoms with van der Waals surface area (Å²) in [6.45, 7) is 6.09. The maximum absolute atomic E-state index is 12.5. The van der Waals surface area contributed by atoms with Crippen molar-refractivity contribution in [3.05, 3.63) is 53.6 Å². The molecule has 0 saturated carbocycles. The number of aromatic nitrogens is 2. The van der Waals surface area contributed by atoms with E-state index >= 15 is 0 Å². The molecular weight excluding hydrogens is 278 g/mol. The number of pyridine rings is 1. The van der Waals surface area contributed by atoms with Crippen LogP contribution in [0.1, 0.15) is 40.3 Å². The van der Waals surface area contributed by atoms with Crippen LogP contribution in [0.4, 0.5) is 0 Å². The molecule has 0 radical (unpaired) electrons. The van der Waals surface area contributed by atoms with Gasteiger partial charge in [0.05, 0.1) is 12.2 Å². The molecule has 2 heterocycles. The molecule has 0 aliphatic heterocycles. The molecule has 0 atom stereocenters. The van der Waals surface area contributed by atoms with Gasteiger partial charge in [-0.25, -0.2) is 0 Å². The Balaban J connectivity index is 2.21. The molecule has 2 rings (SSSR count). The highest BCUT2D eigenvalue weighted by Crippen LogP contribution is 2.13. The van der Waals surface area contributed by atoms with Crippen LogP contribution in [0, 0.1) is 0 Å². The third kappa shape index (κ3) is 3.49. The number of hydrogen-bond donors (Lipinski definition) is 0. The molecule has 0 aliphatic rings. The minimum Gasteiger partial charge on any atom is -0.347 e. The summed E-state index contributed by atoms with van der Waals surface area (Å²) in [5.74, 6) is -0.0953. The van der Waals surface area contributed by atoms with Crippen LogP contribution in [0.15, 0.2) is 36.8 Å². The molecule has 0 aliphatic carbocycles. The lowest BCUT2D eigenvalue weighted by atomic mass is 10.1. The van der Waals surface area contributed by atoms with Crippen LogP contribution < -0.4 is 0 Å². The minimum absolute atomic E-state index is 0.0320. The van der Waals surface area contributed by atoms with E-state index in [4.69, 9.17) is 0 Å². The molecule has 116 valence electrons. The molecule has 5 nitrogen and oxygen atoms in total. The zero-order chi connectivity index (χ0) is 16.1. The van der Waals surface area contributed by atoms with Crippen molar-refractivity contribution in [1.82, 2.24) is 14.5 Å². The van der Waals surface area contributed by atoms with Gasteiger partial charge in [0, 0.05) is 36.8 Å². The largest absolute Gasteiger partial charge is 0.347 e. The van der Waals surface area contributed by atoms with Crippen molar-refractivity contribution >= 4 is 11.6 Å². The fourth-order valence-electron chi connectivity index (χ4n) is 2.33. The second-order valence-electron chi connectivity index (χ2n) is 5.18. The van der Waals surface area contributed by atoms with Gasteiger partial charge in [-0.15, -0.1) is 0 Å². The highest BCUT2D eigenvalue weighted by molar-refractivity contribution is 6.09. The quantitative estimate of drug-likeness (QED) is 0.735. The van der Waals surface area contributed by atoms with Crippen molar-refractivity contribution in [3.63, 3.8) is 0 Å². The Bertz CT molecular complexity index is 658. The molecule has 0 N–H and O–H groups in total. The molecule has 0 aromatic carbocycles. The van der Waals surface area contributed by atoms with Crippen LogP contribution in [-0.4, -0.2) is 45.7 Å². The molecule has 2 aromatic rings. The van der Waals surface area contributed by atoms with E-state index in [1.165, 1.54) is 6.20 Å². The number of nitrogens with zero attached hydrogens (tertiary/aromatic N) is 3. The van der Waals surface area contributed by atoms with E-state index < -0.39 is 0 Å². The van der Waals surface area contributed by atoms with Crippen molar-refractivity contribution in [2.45, 2.75) is 13.8 Å². The topological polar surface area (TPSA) is 55.2 Å². The van der Waals surface area contributed by atoms with Gasteiger partial charge in [0.2, 0.25) is 5.78 Å². The fourth-order valence-corrected chi connectivity index (χ4v) is 2.33. The smallest absolute Gasteiger partial charge is 0.210 e. The van der Waals surface area contributed by atoms with Crippen LogP contribution in [0.2, 0.25) is 0 Å². The second kappa shape index (κ2) is 7.13. The lowest BCUT2D eigenvalue weighted by Gasteiger charge is -2.16. The number of carbonyl (C=O) groups is 2. The minimum atomic E-state index is -0.127. The number of hydrogen-bond acceptors (Lipinski definition) is 4. The molecule has 0 saturated heterocycles. The Morgan fingerprint density at radius 2 is 1.95 bits per heavy atom. The first-order chi connectivity index (χ1) is 10.6. The van der Waals surface area contributed by atoms with Gasteiger partial charge in [-0.2, -0.15) is 0 Å². The molecule has 0 spiro atoms. The predicted molar refractivity (Wildman–Crippen MR) is 85.2 cm³/mol. The number of aryl methyl sites for hydroxylation is 1. The Labute approximate surface area is 130 Å². The summed E-state index contributed by atoms with van der Waals surface area (Å²) in [5.41, 5.74) is 1.59. The third-order valence-corrected chi connectivity index (χ3v) is 3.74. The Morgan fingerprint density at radius 1 is 1.23 bits per heavy atom. The van der Waals surface area contributed by atoms with Gasteiger partial charge >= 0.3 is 0 Å². The van der Waals surface area contributed by atoms with E-state index in [0.717, 1.165) is 13.1 Å². The van der Waals surface area contributed by atoms with Crippen LogP contribution >= 0.6 is 0 Å². The van der Waals surface area contributed by atoms with Gasteiger partial charge < -0.3 is 4.57 Å². The molecule has 0 bridgehead atoms. The molecule has 2 aromatic heterocycles. The summed E-state index contributed by atoms with van der Waals surface area (Å²) >= 11 is 0. The molecular formula is C17H21N3O2. The van der Waals surface area contributed by atoms with Crippen LogP contribution in [0.25, 0.3) is 0 Å². The van der Waals surface area contributed by atoms with Gasteiger partial charge in [0.1, 0.15) is 0 Å². The number of likely N-dealkylation sites (N-methyl/N-ethyl adjacent to an activating group) is 1. The van der Waals surface area contributed by atoms with E-state index in [1.807, 2.05) is 13.8 Å². The molecule has 0 amide bonds. The molecule has 0 fully saturated rings. The van der Waals surface area contributed by atoms with Gasteiger partial charge in [0.15, 0.2) is 5.78 Å². The Kier molecular flexibility index (Phi) is 5.22. The zero-order valence-corrected chi connectivity index (χ0v) is 13.2. The lowest BCUT2D eigenvalue weighted by molar-refractivity contribution is 0.0937. The Morgan fingerprint density at radius 3 is 2.55 bits per heavy atom. The first-order valence-electron chi connectivity index (χ1n) is 7.43. The van der Waals surface area contributed by atoms with Crippen molar-refractivity contribution in [2.24, 2.45) is 7.05 Å². The van der Waals surface area contributed by atoms with E-state index in [9.17, 15) is 9.59 Å². The van der Waals surface area contributed by atoms with Crippen LogP contribution in [-0.2, 0) is 7.05 Å². The number of ketones is 2. The van der Waals surface area contributed by atoms with Gasteiger partial charge in [-0.3, -0.25) is 19.5 Å². The monoisotopic (exact) mass is 299 g/mol. The van der Waals surface area contributed by atoms with E-state index in [-0.39, 0.29) is 11.6 Å². The van der Waals surface area contributed by atoms with Crippen molar-refractivity contribution in [3.8, 4) is 0 Å². The number of Topliss-reactive ketones (excluding diaryl/α,β-unsaturated/α-hetero) is 1. The predicted octanol–water partition coefficient (Wildman–Crippen LogP) is 2.18. The number of rotatable bonds is 7. The van der Waals surface area contributed by atoms with E-state index in [1.54, 1.807) is 42.2 Å². The normalized spacial score (nSPS) is 10.9. The third-order valence-electron chi connectivity index (χ3n) is 3.74.